The number of fused-ring (bicyclic) bond motifs is 7. The van der Waals surface area contributed by atoms with E-state index in [-0.39, 0.29) is 0 Å². The fourth-order valence-electron chi connectivity index (χ4n) is 7.32. The second kappa shape index (κ2) is 11.0. The average molecular weight is 628 g/mol. The molecule has 10 aromatic rings. The Morgan fingerprint density at radius 2 is 0.796 bits per heavy atom. The Bertz CT molecular complexity index is 2740. The average Bonchev–Trinajstić information content (AvgIpc) is 3.73. The van der Waals surface area contributed by atoms with Crippen LogP contribution in [0.15, 0.2) is 185 Å². The lowest BCUT2D eigenvalue weighted by molar-refractivity contribution is 0.668. The minimum Gasteiger partial charge on any atom is -0.456 e. The molecule has 0 unspecified atom stereocenters. The molecule has 0 aliphatic rings. The van der Waals surface area contributed by atoms with E-state index < -0.39 is 0 Å². The lowest BCUT2D eigenvalue weighted by Gasteiger charge is -2.26. The molecule has 0 amide bonds. The van der Waals surface area contributed by atoms with E-state index in [1.165, 1.54) is 27.5 Å². The molecule has 0 N–H and O–H groups in total. The molecule has 0 aliphatic carbocycles. The molecule has 3 nitrogen and oxygen atoms in total. The molecule has 230 valence electrons. The molecule has 10 rings (SSSR count). The van der Waals surface area contributed by atoms with Gasteiger partial charge in [0.15, 0.2) is 0 Å². The Balaban J connectivity index is 1.15. The monoisotopic (exact) mass is 627 g/mol. The van der Waals surface area contributed by atoms with Crippen molar-refractivity contribution in [2.75, 3.05) is 4.90 Å². The largest absolute Gasteiger partial charge is 0.456 e. The number of hydrogen-bond donors (Lipinski definition) is 0. The van der Waals surface area contributed by atoms with Crippen molar-refractivity contribution >= 4 is 71.7 Å². The molecule has 0 bridgehead atoms. The molecule has 8 aromatic carbocycles. The van der Waals surface area contributed by atoms with Crippen molar-refractivity contribution in [3.05, 3.63) is 176 Å². The van der Waals surface area contributed by atoms with Crippen LogP contribution in [-0.4, -0.2) is 0 Å². The highest BCUT2D eigenvalue weighted by atomic mass is 16.3. The molecular weight excluding hydrogens is 599 g/mol. The summed E-state index contributed by atoms with van der Waals surface area (Å²) in [5, 5.41) is 6.89. The van der Waals surface area contributed by atoms with E-state index in [0.717, 1.165) is 66.5 Å². The first-order valence-electron chi connectivity index (χ1n) is 16.6. The topological polar surface area (TPSA) is 29.5 Å². The summed E-state index contributed by atoms with van der Waals surface area (Å²) < 4.78 is 12.4. The number of rotatable bonds is 5. The van der Waals surface area contributed by atoms with E-state index in [4.69, 9.17) is 8.83 Å². The summed E-state index contributed by atoms with van der Waals surface area (Å²) in [6, 6.07) is 62.2. The number of benzene rings is 8. The Morgan fingerprint density at radius 1 is 0.306 bits per heavy atom. The standard InChI is InChI=1S/C46H29NO2/c1-2-16-37-30(10-1)11-9-19-38(37)33-14-7-12-31(26-33)32-13-8-15-34(27-32)47(35-22-24-45-41(28-35)39-17-3-5-20-43(39)48-45)36-23-25-46-42(29-36)40-18-4-6-21-44(40)49-46/h1-29H. The number of nitrogens with zero attached hydrogens (tertiary/aromatic N) is 1. The normalized spacial score (nSPS) is 11.7. The third kappa shape index (κ3) is 4.59. The summed E-state index contributed by atoms with van der Waals surface area (Å²) in [4.78, 5) is 2.33. The van der Waals surface area contributed by atoms with Gasteiger partial charge in [0, 0.05) is 38.6 Å². The first-order valence-corrected chi connectivity index (χ1v) is 16.6. The molecule has 0 atom stereocenters. The number of anilines is 3. The number of hydrogen-bond acceptors (Lipinski definition) is 3. The van der Waals surface area contributed by atoms with Crippen LogP contribution in [0, 0.1) is 0 Å². The van der Waals surface area contributed by atoms with Crippen LogP contribution >= 0.6 is 0 Å². The van der Waals surface area contributed by atoms with Crippen LogP contribution in [0.4, 0.5) is 17.1 Å². The Morgan fingerprint density at radius 3 is 1.49 bits per heavy atom. The highest BCUT2D eigenvalue weighted by molar-refractivity contribution is 6.08. The molecule has 0 radical (unpaired) electrons. The van der Waals surface area contributed by atoms with Gasteiger partial charge in [-0.1, -0.05) is 109 Å². The second-order valence-corrected chi connectivity index (χ2v) is 12.6. The number of para-hydroxylation sites is 2. The van der Waals surface area contributed by atoms with Gasteiger partial charge in [0.1, 0.15) is 22.3 Å². The summed E-state index contributed by atoms with van der Waals surface area (Å²) in [7, 11) is 0. The molecule has 0 saturated carbocycles. The van der Waals surface area contributed by atoms with Crippen molar-refractivity contribution < 1.29 is 8.83 Å². The highest BCUT2D eigenvalue weighted by Crippen LogP contribution is 2.42. The molecule has 0 saturated heterocycles. The minimum atomic E-state index is 0.875. The quantitative estimate of drug-likeness (QED) is 0.190. The van der Waals surface area contributed by atoms with Crippen molar-refractivity contribution in [1.82, 2.24) is 0 Å². The van der Waals surface area contributed by atoms with E-state index in [9.17, 15) is 0 Å². The van der Waals surface area contributed by atoms with Crippen LogP contribution in [0.2, 0.25) is 0 Å². The lowest BCUT2D eigenvalue weighted by atomic mass is 9.95. The molecule has 0 fully saturated rings. The van der Waals surface area contributed by atoms with Crippen LogP contribution in [0.5, 0.6) is 0 Å². The molecule has 0 spiro atoms. The van der Waals surface area contributed by atoms with Gasteiger partial charge in [-0.2, -0.15) is 0 Å². The van der Waals surface area contributed by atoms with Gasteiger partial charge in [0.2, 0.25) is 0 Å². The maximum absolute atomic E-state index is 6.21. The first kappa shape index (κ1) is 27.5. The summed E-state index contributed by atoms with van der Waals surface area (Å²) in [5.74, 6) is 0. The van der Waals surface area contributed by atoms with Gasteiger partial charge in [0.05, 0.1) is 0 Å². The van der Waals surface area contributed by atoms with E-state index >= 15 is 0 Å². The fourth-order valence-corrected chi connectivity index (χ4v) is 7.32. The van der Waals surface area contributed by atoms with Crippen LogP contribution in [-0.2, 0) is 0 Å². The molecular formula is C46H29NO2. The Labute approximate surface area is 282 Å². The Hall–Kier alpha value is -6.58. The van der Waals surface area contributed by atoms with Gasteiger partial charge in [-0.3, -0.25) is 0 Å². The maximum Gasteiger partial charge on any atom is 0.135 e. The summed E-state index contributed by atoms with van der Waals surface area (Å²) in [6.45, 7) is 0. The number of furan rings is 2. The van der Waals surface area contributed by atoms with Crippen molar-refractivity contribution in [2.24, 2.45) is 0 Å². The first-order chi connectivity index (χ1) is 24.3. The Kier molecular flexibility index (Phi) is 6.18. The van der Waals surface area contributed by atoms with Gasteiger partial charge in [-0.05, 0) is 99.8 Å². The molecule has 0 aliphatic heterocycles. The zero-order valence-electron chi connectivity index (χ0n) is 26.5. The van der Waals surface area contributed by atoms with Gasteiger partial charge < -0.3 is 13.7 Å². The van der Waals surface area contributed by atoms with Gasteiger partial charge >= 0.3 is 0 Å². The second-order valence-electron chi connectivity index (χ2n) is 12.6. The predicted octanol–water partition coefficient (Wildman–Crippen LogP) is 13.4. The van der Waals surface area contributed by atoms with Gasteiger partial charge in [-0.25, -0.2) is 0 Å². The SMILES string of the molecule is c1cc(-c2cccc(N(c3ccc4oc5ccccc5c4c3)c3ccc4oc5ccccc5c4c3)c2)cc(-c2cccc3ccccc23)c1. The predicted molar refractivity (Wildman–Crippen MR) is 204 cm³/mol. The third-order valence-corrected chi connectivity index (χ3v) is 9.64. The summed E-state index contributed by atoms with van der Waals surface area (Å²) in [5.41, 5.74) is 11.4. The zero-order chi connectivity index (χ0) is 32.3. The van der Waals surface area contributed by atoms with E-state index in [2.05, 4.69) is 157 Å². The van der Waals surface area contributed by atoms with Crippen molar-refractivity contribution in [2.45, 2.75) is 0 Å². The van der Waals surface area contributed by atoms with E-state index in [1.807, 2.05) is 24.3 Å². The van der Waals surface area contributed by atoms with E-state index in [1.54, 1.807) is 0 Å². The molecule has 2 aromatic heterocycles. The molecule has 49 heavy (non-hydrogen) atoms. The third-order valence-electron chi connectivity index (χ3n) is 9.64. The van der Waals surface area contributed by atoms with Gasteiger partial charge in [0.25, 0.3) is 0 Å². The van der Waals surface area contributed by atoms with Crippen LogP contribution in [0.3, 0.4) is 0 Å². The molecule has 2 heterocycles. The van der Waals surface area contributed by atoms with Crippen LogP contribution in [0.25, 0.3) is 76.9 Å². The zero-order valence-corrected chi connectivity index (χ0v) is 26.5. The maximum atomic E-state index is 6.21. The van der Waals surface area contributed by atoms with Crippen LogP contribution in [0.1, 0.15) is 0 Å². The fraction of sp³-hybridized carbons (Fsp3) is 0. The highest BCUT2D eigenvalue weighted by Gasteiger charge is 2.18. The lowest BCUT2D eigenvalue weighted by Crippen LogP contribution is -2.10. The molecule has 3 heteroatoms. The minimum absolute atomic E-state index is 0.875. The van der Waals surface area contributed by atoms with Crippen molar-refractivity contribution in [3.8, 4) is 22.3 Å². The van der Waals surface area contributed by atoms with Crippen molar-refractivity contribution in [1.29, 1.82) is 0 Å². The van der Waals surface area contributed by atoms with Gasteiger partial charge in [-0.15, -0.1) is 0 Å². The van der Waals surface area contributed by atoms with Crippen molar-refractivity contribution in [3.63, 3.8) is 0 Å². The van der Waals surface area contributed by atoms with E-state index in [0.29, 0.717) is 0 Å². The smallest absolute Gasteiger partial charge is 0.135 e. The van der Waals surface area contributed by atoms with Crippen LogP contribution < -0.4 is 4.90 Å². The summed E-state index contributed by atoms with van der Waals surface area (Å²) in [6.07, 6.45) is 0. The summed E-state index contributed by atoms with van der Waals surface area (Å²) >= 11 is 0.